The van der Waals surface area contributed by atoms with Gasteiger partial charge in [0.05, 0.1) is 24.9 Å². The van der Waals surface area contributed by atoms with Crippen LogP contribution >= 0.6 is 0 Å². The minimum Gasteiger partial charge on any atom is -0.380 e. The van der Waals surface area contributed by atoms with Crippen LogP contribution in [0.1, 0.15) is 12.8 Å². The standard InChI is InChI=1S/C8H16F2N2O3S/c9-8(10,5-11)6-12-16(13,14)7-2-1-3-15-4-7/h7,12H,1-6,11H2. The van der Waals surface area contributed by atoms with Crippen molar-refractivity contribution < 1.29 is 21.9 Å². The molecular formula is C8H16F2N2O3S. The second kappa shape index (κ2) is 5.35. The molecule has 3 N–H and O–H groups in total. The molecule has 1 unspecified atom stereocenters. The van der Waals surface area contributed by atoms with Gasteiger partial charge in [-0.2, -0.15) is 0 Å². The lowest BCUT2D eigenvalue weighted by Gasteiger charge is -2.23. The summed E-state index contributed by atoms with van der Waals surface area (Å²) in [5, 5.41) is -0.741. The summed E-state index contributed by atoms with van der Waals surface area (Å²) in [4.78, 5) is 0. The Bertz CT molecular complexity index is 315. The first-order valence-corrected chi connectivity index (χ1v) is 6.56. The van der Waals surface area contributed by atoms with E-state index in [4.69, 9.17) is 10.5 Å². The van der Waals surface area contributed by atoms with E-state index in [9.17, 15) is 17.2 Å². The third-order valence-corrected chi connectivity index (χ3v) is 4.18. The number of halogens is 2. The maximum Gasteiger partial charge on any atom is 0.273 e. The lowest BCUT2D eigenvalue weighted by molar-refractivity contribution is 0.0167. The molecule has 1 atom stereocenters. The minimum atomic E-state index is -3.74. The van der Waals surface area contributed by atoms with Gasteiger partial charge in [0.2, 0.25) is 10.0 Å². The first kappa shape index (κ1) is 13.8. The molecule has 1 rings (SSSR count). The second-order valence-corrected chi connectivity index (χ2v) is 5.81. The summed E-state index contributed by atoms with van der Waals surface area (Å²) in [6, 6.07) is 0. The zero-order valence-corrected chi connectivity index (χ0v) is 9.60. The van der Waals surface area contributed by atoms with Gasteiger partial charge in [-0.05, 0) is 12.8 Å². The number of nitrogens with two attached hydrogens (primary N) is 1. The molecule has 0 amide bonds. The fraction of sp³-hybridized carbons (Fsp3) is 1.00. The van der Waals surface area contributed by atoms with Crippen molar-refractivity contribution in [1.29, 1.82) is 0 Å². The highest BCUT2D eigenvalue weighted by Gasteiger charge is 2.33. The molecule has 1 fully saturated rings. The molecule has 0 aromatic rings. The van der Waals surface area contributed by atoms with Gasteiger partial charge in [-0.1, -0.05) is 0 Å². The van der Waals surface area contributed by atoms with Gasteiger partial charge in [0.25, 0.3) is 5.92 Å². The maximum absolute atomic E-state index is 12.8. The largest absolute Gasteiger partial charge is 0.380 e. The van der Waals surface area contributed by atoms with E-state index in [0.717, 1.165) is 0 Å². The van der Waals surface area contributed by atoms with Crippen LogP contribution in [0.15, 0.2) is 0 Å². The molecule has 0 aliphatic carbocycles. The first-order chi connectivity index (χ1) is 7.37. The normalized spacial score (nSPS) is 23.3. The van der Waals surface area contributed by atoms with Crippen molar-refractivity contribution in [3.63, 3.8) is 0 Å². The van der Waals surface area contributed by atoms with Crippen molar-refractivity contribution in [2.75, 3.05) is 26.3 Å². The van der Waals surface area contributed by atoms with E-state index in [1.807, 2.05) is 4.72 Å². The number of hydrogen-bond acceptors (Lipinski definition) is 4. The zero-order valence-electron chi connectivity index (χ0n) is 8.79. The molecule has 0 aromatic heterocycles. The molecule has 16 heavy (non-hydrogen) atoms. The predicted octanol–water partition coefficient (Wildman–Crippen LogP) is -0.321. The Labute approximate surface area is 93.4 Å². The van der Waals surface area contributed by atoms with Gasteiger partial charge in [-0.15, -0.1) is 0 Å². The Morgan fingerprint density at radius 2 is 2.19 bits per heavy atom. The summed E-state index contributed by atoms with van der Waals surface area (Å²) < 4.78 is 55.6. The van der Waals surface area contributed by atoms with Crippen LogP contribution < -0.4 is 10.5 Å². The van der Waals surface area contributed by atoms with E-state index >= 15 is 0 Å². The van der Waals surface area contributed by atoms with Crippen molar-refractivity contribution in [2.45, 2.75) is 24.0 Å². The molecule has 1 heterocycles. The van der Waals surface area contributed by atoms with E-state index in [0.29, 0.717) is 19.4 Å². The molecule has 0 spiro atoms. The molecule has 0 radical (unpaired) electrons. The van der Waals surface area contributed by atoms with E-state index < -0.39 is 34.3 Å². The number of hydrogen-bond donors (Lipinski definition) is 2. The van der Waals surface area contributed by atoms with Crippen LogP contribution in [-0.4, -0.2) is 45.9 Å². The highest BCUT2D eigenvalue weighted by atomic mass is 32.2. The average Bonchev–Trinajstić information content (AvgIpc) is 2.28. The summed E-state index contributed by atoms with van der Waals surface area (Å²) in [6.07, 6.45) is 1.06. The van der Waals surface area contributed by atoms with Gasteiger partial charge in [0.1, 0.15) is 0 Å². The lowest BCUT2D eigenvalue weighted by atomic mass is 10.2. The van der Waals surface area contributed by atoms with Crippen LogP contribution in [-0.2, 0) is 14.8 Å². The van der Waals surface area contributed by atoms with E-state index in [1.54, 1.807) is 0 Å². The van der Waals surface area contributed by atoms with E-state index in [-0.39, 0.29) is 6.61 Å². The van der Waals surface area contributed by atoms with Crippen molar-refractivity contribution in [2.24, 2.45) is 5.73 Å². The summed E-state index contributed by atoms with van der Waals surface area (Å²) in [5.74, 6) is -3.21. The van der Waals surface area contributed by atoms with Crippen molar-refractivity contribution in [3.05, 3.63) is 0 Å². The maximum atomic E-state index is 12.8. The molecule has 0 saturated carbocycles. The number of alkyl halides is 2. The van der Waals surface area contributed by atoms with Crippen LogP contribution in [0.25, 0.3) is 0 Å². The molecule has 1 aliphatic heterocycles. The van der Waals surface area contributed by atoms with Gasteiger partial charge in [0, 0.05) is 6.61 Å². The highest BCUT2D eigenvalue weighted by Crippen LogP contribution is 2.15. The smallest absolute Gasteiger partial charge is 0.273 e. The van der Waals surface area contributed by atoms with Crippen molar-refractivity contribution >= 4 is 10.0 Å². The summed E-state index contributed by atoms with van der Waals surface area (Å²) in [5.41, 5.74) is 4.80. The van der Waals surface area contributed by atoms with Gasteiger partial charge < -0.3 is 10.5 Å². The number of ether oxygens (including phenoxy) is 1. The number of rotatable bonds is 5. The summed E-state index contributed by atoms with van der Waals surface area (Å²) in [6.45, 7) is -1.26. The van der Waals surface area contributed by atoms with Gasteiger partial charge in [-0.3, -0.25) is 0 Å². The van der Waals surface area contributed by atoms with E-state index in [1.165, 1.54) is 0 Å². The average molecular weight is 258 g/mol. The van der Waals surface area contributed by atoms with Crippen molar-refractivity contribution in [1.82, 2.24) is 4.72 Å². The van der Waals surface area contributed by atoms with Crippen LogP contribution in [0.2, 0.25) is 0 Å². The SMILES string of the molecule is NCC(F)(F)CNS(=O)(=O)C1CCCOC1. The Hall–Kier alpha value is -0.310. The minimum absolute atomic E-state index is 0.0591. The summed E-state index contributed by atoms with van der Waals surface area (Å²) in [7, 11) is -3.74. The quantitative estimate of drug-likeness (QED) is 0.708. The topological polar surface area (TPSA) is 81.4 Å². The molecule has 0 bridgehead atoms. The third kappa shape index (κ3) is 3.93. The third-order valence-electron chi connectivity index (χ3n) is 2.39. The van der Waals surface area contributed by atoms with E-state index in [2.05, 4.69) is 0 Å². The predicted molar refractivity (Wildman–Crippen MR) is 54.8 cm³/mol. The Morgan fingerprint density at radius 3 is 2.69 bits per heavy atom. The molecule has 5 nitrogen and oxygen atoms in total. The van der Waals surface area contributed by atoms with Crippen LogP contribution in [0.4, 0.5) is 8.78 Å². The molecule has 96 valence electrons. The second-order valence-electron chi connectivity index (χ2n) is 3.77. The fourth-order valence-corrected chi connectivity index (χ4v) is 2.75. The monoisotopic (exact) mass is 258 g/mol. The Balaban J connectivity index is 2.51. The van der Waals surface area contributed by atoms with Crippen LogP contribution in [0.5, 0.6) is 0 Å². The molecule has 0 aromatic carbocycles. The number of nitrogens with one attached hydrogen (secondary N) is 1. The lowest BCUT2D eigenvalue weighted by Crippen LogP contribution is -2.46. The van der Waals surface area contributed by atoms with Gasteiger partial charge in [0.15, 0.2) is 0 Å². The number of sulfonamides is 1. The molecule has 1 aliphatic rings. The summed E-state index contributed by atoms with van der Waals surface area (Å²) >= 11 is 0. The molecule has 8 heteroatoms. The van der Waals surface area contributed by atoms with Crippen LogP contribution in [0.3, 0.4) is 0 Å². The first-order valence-electron chi connectivity index (χ1n) is 5.01. The van der Waals surface area contributed by atoms with Gasteiger partial charge in [-0.25, -0.2) is 21.9 Å². The fourth-order valence-electron chi connectivity index (χ4n) is 1.35. The molecular weight excluding hydrogens is 242 g/mol. The zero-order chi connectivity index (χ0) is 12.2. The Morgan fingerprint density at radius 1 is 1.50 bits per heavy atom. The molecule has 1 saturated heterocycles. The Kier molecular flexibility index (Phi) is 4.60. The highest BCUT2D eigenvalue weighted by molar-refractivity contribution is 7.90. The van der Waals surface area contributed by atoms with Gasteiger partial charge >= 0.3 is 0 Å². The van der Waals surface area contributed by atoms with Crippen molar-refractivity contribution in [3.8, 4) is 0 Å². The van der Waals surface area contributed by atoms with Crippen LogP contribution in [0, 0.1) is 0 Å².